The highest BCUT2D eigenvalue weighted by molar-refractivity contribution is 7.26. The van der Waals surface area contributed by atoms with Gasteiger partial charge in [0.1, 0.15) is 0 Å². The number of fused-ring (bicyclic) bond motifs is 13. The van der Waals surface area contributed by atoms with Gasteiger partial charge in [-0.1, -0.05) is 191 Å². The molecular formula is C82H77BN4Si. The molecule has 6 heteroatoms. The van der Waals surface area contributed by atoms with Crippen molar-refractivity contribution in [1.82, 2.24) is 9.13 Å². The fourth-order valence-corrected chi connectivity index (χ4v) is 24.0. The van der Waals surface area contributed by atoms with Crippen molar-refractivity contribution in [3.05, 3.63) is 251 Å². The molecule has 1 saturated carbocycles. The molecule has 4 nitrogen and oxygen atoms in total. The molecule has 432 valence electrons. The summed E-state index contributed by atoms with van der Waals surface area (Å²) in [6.45, 7) is 7.08. The van der Waals surface area contributed by atoms with Crippen molar-refractivity contribution in [2.45, 2.75) is 141 Å². The Kier molecular flexibility index (Phi) is 12.2. The van der Waals surface area contributed by atoms with E-state index in [4.69, 9.17) is 0 Å². The van der Waals surface area contributed by atoms with Gasteiger partial charge < -0.3 is 18.9 Å². The van der Waals surface area contributed by atoms with Crippen LogP contribution in [0.3, 0.4) is 0 Å². The van der Waals surface area contributed by atoms with Gasteiger partial charge in [0.05, 0.1) is 11.2 Å². The first kappa shape index (κ1) is 52.8. The lowest BCUT2D eigenvalue weighted by Crippen LogP contribution is -2.87. The topological polar surface area (TPSA) is 16.3 Å². The van der Waals surface area contributed by atoms with Crippen molar-refractivity contribution in [2.24, 2.45) is 0 Å². The third kappa shape index (κ3) is 7.76. The molecule has 2 atom stereocenters. The van der Waals surface area contributed by atoms with Crippen molar-refractivity contribution in [1.29, 1.82) is 0 Å². The number of nitrogens with zero attached hydrogens (tertiary/aromatic N) is 4. The average molecular weight is 1160 g/mol. The first-order valence-electron chi connectivity index (χ1n) is 33.6. The Hall–Kier alpha value is -8.32. The predicted molar refractivity (Wildman–Crippen MR) is 373 cm³/mol. The number of benzene rings is 9. The monoisotopic (exact) mass is 1160 g/mol. The minimum absolute atomic E-state index is 0.0402. The van der Waals surface area contributed by atoms with Crippen LogP contribution in [-0.2, 0) is 43.9 Å². The zero-order valence-electron chi connectivity index (χ0n) is 51.5. The third-order valence-corrected chi connectivity index (χ3v) is 27.3. The Morgan fingerprint density at radius 3 is 1.78 bits per heavy atom. The van der Waals surface area contributed by atoms with Crippen LogP contribution in [0.5, 0.6) is 0 Å². The summed E-state index contributed by atoms with van der Waals surface area (Å²) in [6, 6.07) is 83.3. The van der Waals surface area contributed by atoms with E-state index in [-0.39, 0.29) is 12.1 Å². The lowest BCUT2D eigenvalue weighted by molar-refractivity contribution is 0.529. The fourth-order valence-electron chi connectivity index (χ4n) is 18.7. The number of rotatable bonds is 7. The maximum absolute atomic E-state index is 3.30. The molecule has 1 fully saturated rings. The Morgan fingerprint density at radius 2 is 1.03 bits per heavy atom. The van der Waals surface area contributed by atoms with Crippen LogP contribution in [0.15, 0.2) is 206 Å². The van der Waals surface area contributed by atoms with Gasteiger partial charge >= 0.3 is 0 Å². The summed E-state index contributed by atoms with van der Waals surface area (Å²) in [5.74, 6) is 0.484. The number of para-hydroxylation sites is 2. The summed E-state index contributed by atoms with van der Waals surface area (Å²) < 4.78 is 5.49. The molecule has 0 bridgehead atoms. The number of hydrogen-bond donors (Lipinski definition) is 0. The fraction of sp³-hybridized carbons (Fsp3) is 0.268. The van der Waals surface area contributed by atoms with Crippen LogP contribution in [0.4, 0.5) is 28.4 Å². The first-order chi connectivity index (χ1) is 43.3. The number of hydrogen-bond acceptors (Lipinski definition) is 2. The molecule has 2 unspecified atom stereocenters. The summed E-state index contributed by atoms with van der Waals surface area (Å²) >= 11 is 0. The largest absolute Gasteiger partial charge is 0.337 e. The van der Waals surface area contributed by atoms with Gasteiger partial charge in [-0.3, -0.25) is 0 Å². The van der Waals surface area contributed by atoms with E-state index in [0.717, 1.165) is 25.7 Å². The molecule has 5 heterocycles. The van der Waals surface area contributed by atoms with Crippen LogP contribution >= 0.6 is 0 Å². The summed E-state index contributed by atoms with van der Waals surface area (Å²) in [4.78, 5) is 5.69. The minimum Gasteiger partial charge on any atom is -0.337 e. The quantitative estimate of drug-likeness (QED) is 0.148. The molecule has 7 aliphatic rings. The van der Waals surface area contributed by atoms with Gasteiger partial charge in [-0.15, -0.1) is 0 Å². The second-order valence-electron chi connectivity index (χ2n) is 28.0. The molecule has 9 aromatic carbocycles. The molecule has 0 spiro atoms. The highest BCUT2D eigenvalue weighted by atomic mass is 28.3. The van der Waals surface area contributed by atoms with Gasteiger partial charge in [-0.25, -0.2) is 0 Å². The molecular weight excluding hydrogens is 1080 g/mol. The summed E-state index contributed by atoms with van der Waals surface area (Å²) in [5.41, 5.74) is 29.6. The van der Waals surface area contributed by atoms with Crippen LogP contribution in [-0.4, -0.2) is 30.0 Å². The van der Waals surface area contributed by atoms with Gasteiger partial charge in [0.2, 0.25) is 6.71 Å². The van der Waals surface area contributed by atoms with Gasteiger partial charge in [0.15, 0.2) is 8.07 Å². The third-order valence-electron chi connectivity index (χ3n) is 22.4. The van der Waals surface area contributed by atoms with Crippen LogP contribution in [0.25, 0.3) is 33.4 Å². The van der Waals surface area contributed by atoms with Crippen molar-refractivity contribution >= 4 is 91.3 Å². The van der Waals surface area contributed by atoms with Crippen LogP contribution < -0.4 is 46.9 Å². The van der Waals surface area contributed by atoms with Gasteiger partial charge in [0, 0.05) is 74.1 Å². The van der Waals surface area contributed by atoms with E-state index >= 15 is 0 Å². The van der Waals surface area contributed by atoms with Crippen LogP contribution in [0.1, 0.15) is 136 Å². The Morgan fingerprint density at radius 1 is 0.432 bits per heavy atom. The van der Waals surface area contributed by atoms with Crippen LogP contribution in [0.2, 0.25) is 0 Å². The molecule has 0 radical (unpaired) electrons. The van der Waals surface area contributed by atoms with Crippen molar-refractivity contribution in [3.8, 4) is 22.5 Å². The second kappa shape index (κ2) is 20.4. The number of anilines is 5. The average Bonchev–Trinajstić information content (AvgIpc) is 0.807. The summed E-state index contributed by atoms with van der Waals surface area (Å²) in [5, 5.41) is 7.37. The Bertz CT molecular complexity index is 4530. The zero-order chi connectivity index (χ0) is 58.4. The second-order valence-corrected chi connectivity index (χ2v) is 31.7. The van der Waals surface area contributed by atoms with E-state index in [0.29, 0.717) is 12.0 Å². The van der Waals surface area contributed by atoms with E-state index < -0.39 is 8.07 Å². The zero-order valence-corrected chi connectivity index (χ0v) is 52.5. The lowest BCUT2D eigenvalue weighted by atomic mass is 9.34. The van der Waals surface area contributed by atoms with Gasteiger partial charge in [0.25, 0.3) is 0 Å². The van der Waals surface area contributed by atoms with Crippen molar-refractivity contribution in [2.75, 3.05) is 9.80 Å². The molecule has 0 amide bonds. The number of aryl methyl sites for hydroxylation is 1. The summed E-state index contributed by atoms with van der Waals surface area (Å²) in [6.07, 6.45) is 19.5. The Balaban J connectivity index is 1.01. The number of aromatic nitrogens is 2. The lowest BCUT2D eigenvalue weighted by Gasteiger charge is -2.48. The van der Waals surface area contributed by atoms with E-state index in [1.165, 1.54) is 198 Å². The SMILES string of the molecule is CC(C)(C)c1ccc(N2c3cc(-n4c5c(c6ccccc64)CCC5)ccc3B3c4ccc(-n5c6c(c7c5CCCC7)CCCC6)cc4[Si](c4ccccc4)(c4ccccc4)c4cc(N5c6ccccc6C6CCCCCC65)cc2c43)c(-c2ccccc2)c1. The molecule has 2 aromatic heterocycles. The van der Waals surface area contributed by atoms with Crippen molar-refractivity contribution in [3.63, 3.8) is 0 Å². The molecule has 0 saturated heterocycles. The van der Waals surface area contributed by atoms with E-state index in [9.17, 15) is 0 Å². The first-order valence-corrected chi connectivity index (χ1v) is 35.6. The molecule has 3 aliphatic heterocycles. The van der Waals surface area contributed by atoms with E-state index in [1.54, 1.807) is 22.5 Å². The molecule has 11 aromatic rings. The van der Waals surface area contributed by atoms with Crippen molar-refractivity contribution < 1.29 is 0 Å². The summed E-state index contributed by atoms with van der Waals surface area (Å²) in [7, 11) is -3.30. The standard InChI is InChI=1S/C82H77BN4Si/c1-82(2,3)55-43-48-76(67(49-55)54-25-8-4-9-26-54)87-77-50-56(84-70-38-20-18-35-65(70)66-36-24-42-75(66)84)44-46-68(77)83-69-47-45-57(85-71-39-21-16-32-62(71)63-33-17-22-40-72(63)85)52-79(69)88(59-27-10-5-11-28-59,60-29-12-6-13-30-60)80-53-58(51-78(87)81(80)83)86-73-37-15-7-14-31-61(73)64-34-19-23-41-74(64)86/h4-6,8-13,18-20,23,25-30,34-35,38,41,43-53,61,73H,7,14-17,21-22,24,31-33,36-37,39-40,42H2,1-3H3. The molecule has 88 heavy (non-hydrogen) atoms. The van der Waals surface area contributed by atoms with Gasteiger partial charge in [-0.2, -0.15) is 0 Å². The normalized spacial score (nSPS) is 18.6. The smallest absolute Gasteiger partial charge is 0.246 e. The molecule has 4 aliphatic carbocycles. The maximum atomic E-state index is 2.89. The van der Waals surface area contributed by atoms with Gasteiger partial charge in [-0.05, 0) is 215 Å². The highest BCUT2D eigenvalue weighted by Gasteiger charge is 2.55. The predicted octanol–water partition coefficient (Wildman–Crippen LogP) is 15.2. The van der Waals surface area contributed by atoms with E-state index in [1.807, 2.05) is 0 Å². The Labute approximate surface area is 521 Å². The molecule has 18 rings (SSSR count). The maximum Gasteiger partial charge on any atom is 0.246 e. The molecule has 0 N–H and O–H groups in total. The minimum atomic E-state index is -3.30. The van der Waals surface area contributed by atoms with Crippen LogP contribution in [0, 0.1) is 0 Å². The highest BCUT2D eigenvalue weighted by Crippen LogP contribution is 2.53. The van der Waals surface area contributed by atoms with E-state index in [2.05, 4.69) is 246 Å².